The molecule has 0 bridgehead atoms. The van der Waals surface area contributed by atoms with Gasteiger partial charge in [0.25, 0.3) is 0 Å². The van der Waals surface area contributed by atoms with Crippen LogP contribution < -0.4 is 5.32 Å². The second kappa shape index (κ2) is 6.00. The zero-order valence-corrected chi connectivity index (χ0v) is 12.6. The zero-order valence-electron chi connectivity index (χ0n) is 11.8. The highest BCUT2D eigenvalue weighted by Crippen LogP contribution is 2.17. The number of rotatable bonds is 5. The molecule has 0 saturated carbocycles. The van der Waals surface area contributed by atoms with Gasteiger partial charge in [-0.25, -0.2) is 0 Å². The van der Waals surface area contributed by atoms with Gasteiger partial charge in [0, 0.05) is 30.8 Å². The molecule has 6 heteroatoms. The van der Waals surface area contributed by atoms with Gasteiger partial charge in [-0.05, 0) is 26.0 Å². The summed E-state index contributed by atoms with van der Waals surface area (Å²) in [6.07, 6.45) is 0.405. The Morgan fingerprint density at radius 3 is 2.60 bits per heavy atom. The van der Waals surface area contributed by atoms with Crippen molar-refractivity contribution in [1.29, 1.82) is 0 Å². The summed E-state index contributed by atoms with van der Waals surface area (Å²) in [4.78, 5) is 25.5. The average Bonchev–Trinajstić information content (AvgIpc) is 2.93. The average molecular weight is 291 g/mol. The topological polar surface area (TPSA) is 64.0 Å². The largest absolute Gasteiger partial charge is 0.311 e. The van der Waals surface area contributed by atoms with Crippen LogP contribution in [0, 0.1) is 13.8 Å². The second-order valence-electron chi connectivity index (χ2n) is 4.68. The lowest BCUT2D eigenvalue weighted by atomic mass is 10.2. The van der Waals surface area contributed by atoms with Crippen LogP contribution in [-0.2, 0) is 11.8 Å². The number of hydrogen-bond donors (Lipinski definition) is 1. The molecule has 0 atom stereocenters. The van der Waals surface area contributed by atoms with Crippen LogP contribution in [0.4, 0.5) is 5.82 Å². The molecular formula is C14H17N3O2S. The molecule has 2 rings (SSSR count). The van der Waals surface area contributed by atoms with Crippen molar-refractivity contribution in [1.82, 2.24) is 9.78 Å². The van der Waals surface area contributed by atoms with Gasteiger partial charge in [-0.15, -0.1) is 11.3 Å². The molecule has 106 valence electrons. The predicted molar refractivity (Wildman–Crippen MR) is 79.2 cm³/mol. The van der Waals surface area contributed by atoms with Gasteiger partial charge in [-0.2, -0.15) is 5.10 Å². The third kappa shape index (κ3) is 3.54. The number of aromatic nitrogens is 2. The van der Waals surface area contributed by atoms with Crippen LogP contribution in [0.15, 0.2) is 18.2 Å². The van der Waals surface area contributed by atoms with E-state index in [1.54, 1.807) is 17.8 Å². The Hall–Kier alpha value is -1.95. The Balaban J connectivity index is 1.86. The summed E-state index contributed by atoms with van der Waals surface area (Å²) >= 11 is 1.46. The van der Waals surface area contributed by atoms with Crippen molar-refractivity contribution in [2.75, 3.05) is 5.32 Å². The normalized spacial score (nSPS) is 10.6. The fraction of sp³-hybridized carbons (Fsp3) is 0.357. The highest BCUT2D eigenvalue weighted by molar-refractivity contribution is 7.14. The van der Waals surface area contributed by atoms with Gasteiger partial charge in [0.15, 0.2) is 5.78 Å². The number of nitrogens with zero attached hydrogens (tertiary/aromatic N) is 2. The molecule has 0 aliphatic carbocycles. The number of nitrogens with one attached hydrogen (secondary N) is 1. The smallest absolute Gasteiger partial charge is 0.225 e. The Morgan fingerprint density at radius 2 is 2.05 bits per heavy atom. The van der Waals surface area contributed by atoms with Crippen LogP contribution in [0.5, 0.6) is 0 Å². The van der Waals surface area contributed by atoms with Crippen LogP contribution in [0.1, 0.15) is 33.1 Å². The standard InChI is InChI=1S/C14H17N3O2S/c1-9-8-13(17(3)16-9)15-14(19)7-5-11(18)12-6-4-10(2)20-12/h4,6,8H,5,7H2,1-3H3,(H,15,19). The maximum atomic E-state index is 11.9. The molecule has 5 nitrogen and oxygen atoms in total. The van der Waals surface area contributed by atoms with E-state index in [9.17, 15) is 9.59 Å². The molecule has 0 radical (unpaired) electrons. The van der Waals surface area contributed by atoms with E-state index >= 15 is 0 Å². The minimum Gasteiger partial charge on any atom is -0.311 e. The number of amides is 1. The minimum atomic E-state index is -0.172. The zero-order chi connectivity index (χ0) is 14.7. The molecular weight excluding hydrogens is 274 g/mol. The number of aryl methyl sites for hydroxylation is 3. The van der Waals surface area contributed by atoms with E-state index in [1.165, 1.54) is 11.3 Å². The van der Waals surface area contributed by atoms with Crippen molar-refractivity contribution in [2.24, 2.45) is 7.05 Å². The highest BCUT2D eigenvalue weighted by atomic mass is 32.1. The number of ketones is 1. The van der Waals surface area contributed by atoms with Crippen molar-refractivity contribution in [2.45, 2.75) is 26.7 Å². The SMILES string of the molecule is Cc1cc(NC(=O)CCC(=O)c2ccc(C)s2)n(C)n1. The number of carbonyl (C=O) groups is 2. The highest BCUT2D eigenvalue weighted by Gasteiger charge is 2.12. The molecule has 0 unspecified atom stereocenters. The Kier molecular flexibility index (Phi) is 4.34. The van der Waals surface area contributed by atoms with Crippen molar-refractivity contribution in [3.8, 4) is 0 Å². The van der Waals surface area contributed by atoms with Crippen molar-refractivity contribution >= 4 is 28.8 Å². The number of hydrogen-bond acceptors (Lipinski definition) is 4. The number of thiophene rings is 1. The van der Waals surface area contributed by atoms with E-state index in [-0.39, 0.29) is 24.5 Å². The number of anilines is 1. The second-order valence-corrected chi connectivity index (χ2v) is 5.96. The summed E-state index contributed by atoms with van der Waals surface area (Å²) in [6, 6.07) is 5.52. The van der Waals surface area contributed by atoms with Gasteiger partial charge in [-0.1, -0.05) is 0 Å². The van der Waals surface area contributed by atoms with E-state index in [0.29, 0.717) is 10.7 Å². The van der Waals surface area contributed by atoms with E-state index in [4.69, 9.17) is 0 Å². The minimum absolute atomic E-state index is 0.0134. The molecule has 20 heavy (non-hydrogen) atoms. The molecule has 0 fully saturated rings. The summed E-state index contributed by atoms with van der Waals surface area (Å²) in [5.74, 6) is 0.487. The van der Waals surface area contributed by atoms with Gasteiger partial charge in [0.2, 0.25) is 5.91 Å². The maximum absolute atomic E-state index is 11.9. The third-order valence-corrected chi connectivity index (χ3v) is 3.91. The molecule has 0 saturated heterocycles. The van der Waals surface area contributed by atoms with Gasteiger partial charge in [-0.3, -0.25) is 14.3 Å². The molecule has 0 aliphatic heterocycles. The summed E-state index contributed by atoms with van der Waals surface area (Å²) in [6.45, 7) is 3.82. The van der Waals surface area contributed by atoms with Gasteiger partial charge in [0.05, 0.1) is 10.6 Å². The van der Waals surface area contributed by atoms with Gasteiger partial charge < -0.3 is 5.32 Å². The molecule has 1 N–H and O–H groups in total. The van der Waals surface area contributed by atoms with Gasteiger partial charge in [0.1, 0.15) is 5.82 Å². The van der Waals surface area contributed by atoms with Gasteiger partial charge >= 0.3 is 0 Å². The van der Waals surface area contributed by atoms with E-state index in [2.05, 4.69) is 10.4 Å². The summed E-state index contributed by atoms with van der Waals surface area (Å²) < 4.78 is 1.61. The summed E-state index contributed by atoms with van der Waals surface area (Å²) in [7, 11) is 1.77. The number of carbonyl (C=O) groups excluding carboxylic acids is 2. The maximum Gasteiger partial charge on any atom is 0.225 e. The predicted octanol–water partition coefficient (Wildman–Crippen LogP) is 2.70. The lowest BCUT2D eigenvalue weighted by Crippen LogP contribution is -2.15. The van der Waals surface area contributed by atoms with Crippen LogP contribution in [-0.4, -0.2) is 21.5 Å². The fourth-order valence-electron chi connectivity index (χ4n) is 1.87. The van der Waals surface area contributed by atoms with Crippen LogP contribution in [0.2, 0.25) is 0 Å². The molecule has 2 aromatic rings. The lowest BCUT2D eigenvalue weighted by molar-refractivity contribution is -0.116. The first kappa shape index (κ1) is 14.5. The third-order valence-electron chi connectivity index (χ3n) is 2.86. The van der Waals surface area contributed by atoms with E-state index < -0.39 is 0 Å². The van der Waals surface area contributed by atoms with Crippen LogP contribution in [0.25, 0.3) is 0 Å². The van der Waals surface area contributed by atoms with E-state index in [0.717, 1.165) is 10.6 Å². The van der Waals surface area contributed by atoms with Crippen LogP contribution >= 0.6 is 11.3 Å². The molecule has 0 aromatic carbocycles. The monoisotopic (exact) mass is 291 g/mol. The fourth-order valence-corrected chi connectivity index (χ4v) is 2.70. The first-order valence-corrected chi connectivity index (χ1v) is 7.17. The first-order valence-electron chi connectivity index (χ1n) is 6.36. The van der Waals surface area contributed by atoms with Crippen molar-refractivity contribution < 1.29 is 9.59 Å². The van der Waals surface area contributed by atoms with Crippen molar-refractivity contribution in [3.05, 3.63) is 33.6 Å². The Bertz CT molecular complexity index is 643. The summed E-state index contributed by atoms with van der Waals surface area (Å²) in [5, 5.41) is 6.90. The Labute approximate surface area is 121 Å². The van der Waals surface area contributed by atoms with E-state index in [1.807, 2.05) is 26.0 Å². The Morgan fingerprint density at radius 1 is 1.30 bits per heavy atom. The first-order chi connectivity index (χ1) is 9.45. The molecule has 0 spiro atoms. The molecule has 2 heterocycles. The molecule has 1 amide bonds. The van der Waals surface area contributed by atoms with Crippen LogP contribution in [0.3, 0.4) is 0 Å². The molecule has 2 aromatic heterocycles. The van der Waals surface area contributed by atoms with Crippen molar-refractivity contribution in [3.63, 3.8) is 0 Å². The quantitative estimate of drug-likeness (QED) is 0.861. The summed E-state index contributed by atoms with van der Waals surface area (Å²) in [5.41, 5.74) is 0.841. The molecule has 0 aliphatic rings. The number of Topliss-reactive ketones (excluding diaryl/α,β-unsaturated/α-hetero) is 1. The lowest BCUT2D eigenvalue weighted by Gasteiger charge is -2.04.